The molecule has 1 aliphatic heterocycles. The summed E-state index contributed by atoms with van der Waals surface area (Å²) in [6.07, 6.45) is 0. The van der Waals surface area contributed by atoms with Crippen LogP contribution >= 0.6 is 23.2 Å². The number of aliphatic hydroxyl groups is 1. The van der Waals surface area contributed by atoms with Gasteiger partial charge in [-0.1, -0.05) is 53.5 Å². The first kappa shape index (κ1) is 21.9. The van der Waals surface area contributed by atoms with Crippen LogP contribution in [0.4, 0.5) is 10.1 Å². The molecular weight excluding hydrogens is 456 g/mol. The minimum absolute atomic E-state index is 0.0345. The molecule has 5 nitrogen and oxygen atoms in total. The first-order valence-corrected chi connectivity index (χ1v) is 10.2. The fourth-order valence-electron chi connectivity index (χ4n) is 3.69. The first-order chi connectivity index (χ1) is 15.3. The van der Waals surface area contributed by atoms with Crippen LogP contribution in [0, 0.1) is 5.82 Å². The summed E-state index contributed by atoms with van der Waals surface area (Å²) in [6.45, 7) is 0. The average Bonchev–Trinajstić information content (AvgIpc) is 3.03. The van der Waals surface area contributed by atoms with Gasteiger partial charge in [-0.05, 0) is 36.4 Å². The van der Waals surface area contributed by atoms with E-state index in [1.54, 1.807) is 24.3 Å². The van der Waals surface area contributed by atoms with E-state index >= 15 is 0 Å². The highest BCUT2D eigenvalue weighted by Gasteiger charge is 2.48. The summed E-state index contributed by atoms with van der Waals surface area (Å²) < 4.78 is 20.1. The highest BCUT2D eigenvalue weighted by molar-refractivity contribution is 6.52. The molecule has 1 amide bonds. The van der Waals surface area contributed by atoms with Crippen molar-refractivity contribution in [3.63, 3.8) is 0 Å². The molecule has 0 radical (unpaired) electrons. The zero-order valence-electron chi connectivity index (χ0n) is 16.7. The number of carbonyl (C=O) groups excluding carboxylic acids is 2. The monoisotopic (exact) mass is 471 g/mol. The second-order valence-corrected chi connectivity index (χ2v) is 7.92. The second-order valence-electron chi connectivity index (χ2n) is 7.05. The zero-order chi connectivity index (χ0) is 23.0. The highest BCUT2D eigenvalue weighted by atomic mass is 35.5. The van der Waals surface area contributed by atoms with Crippen LogP contribution in [0.25, 0.3) is 5.76 Å². The Morgan fingerprint density at radius 3 is 2.34 bits per heavy atom. The number of methoxy groups -OCH3 is 1. The molecule has 4 rings (SSSR count). The van der Waals surface area contributed by atoms with E-state index in [9.17, 15) is 19.1 Å². The molecule has 1 unspecified atom stereocenters. The van der Waals surface area contributed by atoms with Crippen molar-refractivity contribution in [2.45, 2.75) is 6.04 Å². The van der Waals surface area contributed by atoms with Crippen molar-refractivity contribution in [1.29, 1.82) is 0 Å². The molecule has 0 saturated carbocycles. The van der Waals surface area contributed by atoms with Crippen molar-refractivity contribution < 1.29 is 23.8 Å². The van der Waals surface area contributed by atoms with Gasteiger partial charge >= 0.3 is 0 Å². The molecule has 0 aromatic heterocycles. The predicted octanol–water partition coefficient (Wildman–Crippen LogP) is 5.77. The third-order valence-electron chi connectivity index (χ3n) is 5.11. The lowest BCUT2D eigenvalue weighted by Gasteiger charge is -2.26. The normalized spacial score (nSPS) is 17.6. The molecule has 1 N–H and O–H groups in total. The van der Waals surface area contributed by atoms with E-state index in [4.69, 9.17) is 27.9 Å². The van der Waals surface area contributed by atoms with Crippen molar-refractivity contribution in [1.82, 2.24) is 0 Å². The molecular formula is C24H16Cl2FNO4. The molecule has 32 heavy (non-hydrogen) atoms. The van der Waals surface area contributed by atoms with Gasteiger partial charge in [0.1, 0.15) is 17.3 Å². The number of nitrogens with zero attached hydrogens (tertiary/aromatic N) is 1. The number of Topliss-reactive ketones (excluding diaryl/α,β-unsaturated/α-hetero) is 1. The number of anilines is 1. The highest BCUT2D eigenvalue weighted by Crippen LogP contribution is 2.44. The van der Waals surface area contributed by atoms with Crippen LogP contribution in [0.1, 0.15) is 17.2 Å². The van der Waals surface area contributed by atoms with E-state index in [-0.39, 0.29) is 32.4 Å². The van der Waals surface area contributed by atoms with Gasteiger partial charge in [-0.15, -0.1) is 0 Å². The van der Waals surface area contributed by atoms with Gasteiger partial charge in [-0.2, -0.15) is 0 Å². The van der Waals surface area contributed by atoms with Crippen LogP contribution in [0.2, 0.25) is 10.0 Å². The number of rotatable bonds is 4. The molecule has 1 fully saturated rings. The Balaban J connectivity index is 1.99. The fourth-order valence-corrected chi connectivity index (χ4v) is 4.21. The number of aliphatic hydroxyl groups excluding tert-OH is 1. The summed E-state index contributed by atoms with van der Waals surface area (Å²) in [7, 11) is 1.46. The molecule has 162 valence electrons. The lowest BCUT2D eigenvalue weighted by molar-refractivity contribution is -0.132. The summed E-state index contributed by atoms with van der Waals surface area (Å²) in [5.41, 5.74) is 0.215. The lowest BCUT2D eigenvalue weighted by atomic mass is 9.94. The van der Waals surface area contributed by atoms with Crippen LogP contribution in [-0.2, 0) is 9.59 Å². The third kappa shape index (κ3) is 3.83. The Kier molecular flexibility index (Phi) is 5.91. The van der Waals surface area contributed by atoms with E-state index in [1.165, 1.54) is 49.6 Å². The molecule has 1 aliphatic rings. The van der Waals surface area contributed by atoms with E-state index in [2.05, 4.69) is 0 Å². The first-order valence-electron chi connectivity index (χ1n) is 9.47. The summed E-state index contributed by atoms with van der Waals surface area (Å²) in [5, 5.41) is 11.5. The number of hydrogen-bond acceptors (Lipinski definition) is 4. The van der Waals surface area contributed by atoms with E-state index in [0.717, 1.165) is 4.90 Å². The summed E-state index contributed by atoms with van der Waals surface area (Å²) in [4.78, 5) is 27.3. The van der Waals surface area contributed by atoms with Gasteiger partial charge in [0.2, 0.25) is 0 Å². The number of ketones is 1. The van der Waals surface area contributed by atoms with Gasteiger partial charge in [0.15, 0.2) is 0 Å². The van der Waals surface area contributed by atoms with E-state index < -0.39 is 29.3 Å². The number of carbonyl (C=O) groups is 2. The Hall–Kier alpha value is -3.35. The van der Waals surface area contributed by atoms with Gasteiger partial charge in [-0.25, -0.2) is 4.39 Å². The van der Waals surface area contributed by atoms with Crippen LogP contribution in [-0.4, -0.2) is 23.9 Å². The van der Waals surface area contributed by atoms with Crippen LogP contribution in [0.15, 0.2) is 72.3 Å². The molecule has 0 aliphatic carbocycles. The SMILES string of the molecule is COc1cccc(/C(O)=C2\C(=O)C(=O)N(c3cc(Cl)cc(Cl)c3)C2c2ccccc2F)c1. The molecule has 1 heterocycles. The number of benzene rings is 3. The summed E-state index contributed by atoms with van der Waals surface area (Å²) in [5.74, 6) is -2.57. The smallest absolute Gasteiger partial charge is 0.300 e. The standard InChI is InChI=1S/C24H16Cl2FNO4/c1-32-17-6-4-5-13(9-17)22(29)20-21(18-7-2-3-8-19(18)27)28(24(31)23(20)30)16-11-14(25)10-15(26)12-16/h2-12,21,29H,1H3/b22-20+. The van der Waals surface area contributed by atoms with Gasteiger partial charge < -0.3 is 9.84 Å². The van der Waals surface area contributed by atoms with Gasteiger partial charge in [0.05, 0.1) is 18.7 Å². The fraction of sp³-hybridized carbons (Fsp3) is 0.0833. The maximum atomic E-state index is 14.9. The molecule has 0 spiro atoms. The van der Waals surface area contributed by atoms with Crippen molar-refractivity contribution in [3.05, 3.63) is 99.3 Å². The minimum Gasteiger partial charge on any atom is -0.507 e. The topological polar surface area (TPSA) is 66.8 Å². The third-order valence-corrected chi connectivity index (χ3v) is 5.55. The van der Waals surface area contributed by atoms with E-state index in [1.807, 2.05) is 0 Å². The number of ether oxygens (including phenoxy) is 1. The van der Waals surface area contributed by atoms with Crippen LogP contribution in [0.3, 0.4) is 0 Å². The molecule has 3 aromatic rings. The van der Waals surface area contributed by atoms with E-state index in [0.29, 0.717) is 5.75 Å². The second kappa shape index (κ2) is 8.65. The Labute approximate surface area is 193 Å². The van der Waals surface area contributed by atoms with Gasteiger partial charge in [-0.3, -0.25) is 14.5 Å². The molecule has 0 bridgehead atoms. The summed E-state index contributed by atoms with van der Waals surface area (Å²) >= 11 is 12.2. The van der Waals surface area contributed by atoms with Crippen molar-refractivity contribution in [3.8, 4) is 5.75 Å². The van der Waals surface area contributed by atoms with Crippen LogP contribution in [0.5, 0.6) is 5.75 Å². The molecule has 1 atom stereocenters. The lowest BCUT2D eigenvalue weighted by Crippen LogP contribution is -2.29. The van der Waals surface area contributed by atoms with Crippen LogP contribution < -0.4 is 9.64 Å². The molecule has 8 heteroatoms. The quantitative estimate of drug-likeness (QED) is 0.298. The number of hydrogen-bond donors (Lipinski definition) is 1. The number of amides is 1. The maximum Gasteiger partial charge on any atom is 0.300 e. The molecule has 1 saturated heterocycles. The summed E-state index contributed by atoms with van der Waals surface area (Å²) in [6, 6.07) is 15.2. The van der Waals surface area contributed by atoms with Crippen molar-refractivity contribution >= 4 is 46.3 Å². The number of halogens is 3. The zero-order valence-corrected chi connectivity index (χ0v) is 18.2. The van der Waals surface area contributed by atoms with Crippen molar-refractivity contribution in [2.24, 2.45) is 0 Å². The van der Waals surface area contributed by atoms with Gasteiger partial charge in [0, 0.05) is 26.9 Å². The Bertz CT molecular complexity index is 1250. The Morgan fingerprint density at radius 2 is 1.69 bits per heavy atom. The maximum absolute atomic E-state index is 14.9. The van der Waals surface area contributed by atoms with Gasteiger partial charge in [0.25, 0.3) is 11.7 Å². The van der Waals surface area contributed by atoms with Crippen molar-refractivity contribution in [2.75, 3.05) is 12.0 Å². The Morgan fingerprint density at radius 1 is 1.00 bits per heavy atom. The largest absolute Gasteiger partial charge is 0.507 e. The predicted molar refractivity (Wildman–Crippen MR) is 121 cm³/mol. The minimum atomic E-state index is -1.24. The average molecular weight is 472 g/mol. The molecule has 3 aromatic carbocycles.